The lowest BCUT2D eigenvalue weighted by atomic mass is 10.1. The highest BCUT2D eigenvalue weighted by molar-refractivity contribution is 9.10. The second-order valence-electron chi connectivity index (χ2n) is 2.96. The Hall–Kier alpha value is -0.740. The Kier molecular flexibility index (Phi) is 2.65. The van der Waals surface area contributed by atoms with Gasteiger partial charge in [-0.05, 0) is 17.7 Å². The highest BCUT2D eigenvalue weighted by Crippen LogP contribution is 2.28. The number of hydrogen-bond donors (Lipinski definition) is 1. The fourth-order valence-corrected chi connectivity index (χ4v) is 2.14. The summed E-state index contributed by atoms with van der Waals surface area (Å²) in [7, 11) is 0. The second-order valence-corrected chi connectivity index (χ2v) is 4.28. The summed E-state index contributed by atoms with van der Waals surface area (Å²) in [5.74, 6) is 0. The molecule has 0 saturated carbocycles. The lowest BCUT2D eigenvalue weighted by Crippen LogP contribution is -2.18. The zero-order valence-electron chi connectivity index (χ0n) is 7.09. The summed E-state index contributed by atoms with van der Waals surface area (Å²) in [5, 5.41) is 3.29. The van der Waals surface area contributed by atoms with E-state index in [1.807, 2.05) is 12.1 Å². The van der Waals surface area contributed by atoms with Crippen LogP contribution in [0.5, 0.6) is 0 Å². The first-order valence-electron chi connectivity index (χ1n) is 4.05. The van der Waals surface area contributed by atoms with Crippen molar-refractivity contribution < 1.29 is 9.53 Å². The standard InChI is InChI=1S/C9H7BrClNO2/c10-5-1-2-6(7(11)3-5)8-4-14-9(13)12-8/h1-3,8H,4H2,(H,12,13)/t8-/m1/s1. The number of halogens is 2. The summed E-state index contributed by atoms with van der Waals surface area (Å²) in [6.45, 7) is 0.334. The smallest absolute Gasteiger partial charge is 0.407 e. The molecule has 1 N–H and O–H groups in total. The van der Waals surface area contributed by atoms with Crippen molar-refractivity contribution in [3.05, 3.63) is 33.3 Å². The van der Waals surface area contributed by atoms with Crippen molar-refractivity contribution in [2.24, 2.45) is 0 Å². The molecule has 1 atom stereocenters. The fourth-order valence-electron chi connectivity index (χ4n) is 1.34. The van der Waals surface area contributed by atoms with Crippen LogP contribution in [-0.4, -0.2) is 12.7 Å². The van der Waals surface area contributed by atoms with E-state index in [4.69, 9.17) is 16.3 Å². The molecular formula is C9H7BrClNO2. The molecule has 1 heterocycles. The molecule has 0 aliphatic carbocycles. The molecule has 1 fully saturated rings. The molecule has 1 aromatic rings. The average Bonchev–Trinajstić information content (AvgIpc) is 2.51. The van der Waals surface area contributed by atoms with Crippen molar-refractivity contribution in [1.29, 1.82) is 0 Å². The van der Waals surface area contributed by atoms with E-state index in [-0.39, 0.29) is 6.04 Å². The number of nitrogens with one attached hydrogen (secondary N) is 1. The summed E-state index contributed by atoms with van der Waals surface area (Å²) in [6.07, 6.45) is -0.394. The number of carbonyl (C=O) groups is 1. The zero-order chi connectivity index (χ0) is 10.1. The lowest BCUT2D eigenvalue weighted by Gasteiger charge is -2.09. The van der Waals surface area contributed by atoms with E-state index in [2.05, 4.69) is 21.2 Å². The first kappa shape index (κ1) is 9.80. The maximum atomic E-state index is 10.8. The highest BCUT2D eigenvalue weighted by atomic mass is 79.9. The van der Waals surface area contributed by atoms with Gasteiger partial charge in [0.15, 0.2) is 0 Å². The molecule has 5 heteroatoms. The number of rotatable bonds is 1. The van der Waals surface area contributed by atoms with Gasteiger partial charge in [0.1, 0.15) is 6.61 Å². The van der Waals surface area contributed by atoms with Crippen LogP contribution in [0.25, 0.3) is 0 Å². The van der Waals surface area contributed by atoms with Gasteiger partial charge < -0.3 is 10.1 Å². The maximum absolute atomic E-state index is 10.8. The van der Waals surface area contributed by atoms with Gasteiger partial charge in [-0.1, -0.05) is 33.6 Å². The lowest BCUT2D eigenvalue weighted by molar-refractivity contribution is 0.177. The molecular weight excluding hydrogens is 269 g/mol. The van der Waals surface area contributed by atoms with E-state index in [0.717, 1.165) is 10.0 Å². The SMILES string of the molecule is O=C1N[C@@H](c2ccc(Br)cc2Cl)CO1. The van der Waals surface area contributed by atoms with Crippen LogP contribution in [0, 0.1) is 0 Å². The number of amides is 1. The van der Waals surface area contributed by atoms with Gasteiger partial charge in [0.25, 0.3) is 0 Å². The Morgan fingerprint density at radius 2 is 2.36 bits per heavy atom. The number of alkyl carbamates (subject to hydrolysis) is 1. The summed E-state index contributed by atoms with van der Waals surface area (Å²) >= 11 is 9.33. The molecule has 1 aliphatic rings. The third kappa shape index (κ3) is 1.86. The van der Waals surface area contributed by atoms with E-state index in [0.29, 0.717) is 11.6 Å². The predicted molar refractivity (Wildman–Crippen MR) is 56.4 cm³/mol. The van der Waals surface area contributed by atoms with Gasteiger partial charge in [-0.2, -0.15) is 0 Å². The van der Waals surface area contributed by atoms with E-state index < -0.39 is 6.09 Å². The van der Waals surface area contributed by atoms with Crippen LogP contribution in [0.4, 0.5) is 4.79 Å². The average molecular weight is 277 g/mol. The monoisotopic (exact) mass is 275 g/mol. The minimum atomic E-state index is -0.394. The minimum Gasteiger partial charge on any atom is -0.447 e. The summed E-state index contributed by atoms with van der Waals surface area (Å²) in [4.78, 5) is 10.8. The maximum Gasteiger partial charge on any atom is 0.407 e. The molecule has 0 radical (unpaired) electrons. The molecule has 0 unspecified atom stereocenters. The summed E-state index contributed by atoms with van der Waals surface area (Å²) in [5.41, 5.74) is 0.876. The summed E-state index contributed by atoms with van der Waals surface area (Å²) in [6, 6.07) is 5.40. The normalized spacial score (nSPS) is 20.4. The minimum absolute atomic E-state index is 0.136. The van der Waals surface area contributed by atoms with Crippen molar-refractivity contribution in [2.75, 3.05) is 6.61 Å². The number of benzene rings is 1. The Balaban J connectivity index is 2.28. The molecule has 1 saturated heterocycles. The van der Waals surface area contributed by atoms with Gasteiger partial charge in [0.2, 0.25) is 0 Å². The summed E-state index contributed by atoms with van der Waals surface area (Å²) < 4.78 is 5.70. The zero-order valence-corrected chi connectivity index (χ0v) is 9.43. The first-order chi connectivity index (χ1) is 6.66. The van der Waals surface area contributed by atoms with E-state index in [1.54, 1.807) is 6.07 Å². The molecule has 1 aliphatic heterocycles. The first-order valence-corrected chi connectivity index (χ1v) is 5.22. The number of ether oxygens (including phenoxy) is 1. The Morgan fingerprint density at radius 3 is 2.93 bits per heavy atom. The van der Waals surface area contributed by atoms with Gasteiger partial charge in [-0.3, -0.25) is 0 Å². The van der Waals surface area contributed by atoms with Crippen LogP contribution >= 0.6 is 27.5 Å². The predicted octanol–water partition coefficient (Wildman–Crippen LogP) is 2.88. The van der Waals surface area contributed by atoms with Crippen molar-refractivity contribution in [1.82, 2.24) is 5.32 Å². The molecule has 1 aromatic carbocycles. The van der Waals surface area contributed by atoms with Crippen LogP contribution in [-0.2, 0) is 4.74 Å². The Labute approximate surface area is 94.5 Å². The molecule has 2 rings (SSSR count). The topological polar surface area (TPSA) is 38.3 Å². The largest absolute Gasteiger partial charge is 0.447 e. The Bertz CT molecular complexity index is 383. The van der Waals surface area contributed by atoms with Crippen LogP contribution in [0.2, 0.25) is 5.02 Å². The second kappa shape index (κ2) is 3.79. The van der Waals surface area contributed by atoms with Crippen molar-refractivity contribution in [2.45, 2.75) is 6.04 Å². The van der Waals surface area contributed by atoms with Crippen molar-refractivity contribution >= 4 is 33.6 Å². The van der Waals surface area contributed by atoms with Gasteiger partial charge >= 0.3 is 6.09 Å². The van der Waals surface area contributed by atoms with Crippen molar-refractivity contribution in [3.63, 3.8) is 0 Å². The van der Waals surface area contributed by atoms with Gasteiger partial charge in [-0.15, -0.1) is 0 Å². The van der Waals surface area contributed by atoms with Gasteiger partial charge in [-0.25, -0.2) is 4.79 Å². The number of hydrogen-bond acceptors (Lipinski definition) is 2. The van der Waals surface area contributed by atoms with E-state index in [1.165, 1.54) is 0 Å². The van der Waals surface area contributed by atoms with E-state index >= 15 is 0 Å². The number of carbonyl (C=O) groups excluding carboxylic acids is 1. The number of cyclic esters (lactones) is 1. The van der Waals surface area contributed by atoms with Crippen LogP contribution in [0.3, 0.4) is 0 Å². The molecule has 0 aromatic heterocycles. The quantitative estimate of drug-likeness (QED) is 0.856. The molecule has 3 nitrogen and oxygen atoms in total. The Morgan fingerprint density at radius 1 is 1.57 bits per heavy atom. The molecule has 0 bridgehead atoms. The van der Waals surface area contributed by atoms with Gasteiger partial charge in [0, 0.05) is 9.50 Å². The molecule has 14 heavy (non-hydrogen) atoms. The van der Waals surface area contributed by atoms with Crippen molar-refractivity contribution in [3.8, 4) is 0 Å². The third-order valence-electron chi connectivity index (χ3n) is 2.01. The van der Waals surface area contributed by atoms with Gasteiger partial charge in [0.05, 0.1) is 6.04 Å². The molecule has 1 amide bonds. The van der Waals surface area contributed by atoms with E-state index in [9.17, 15) is 4.79 Å². The van der Waals surface area contributed by atoms with Crippen LogP contribution < -0.4 is 5.32 Å². The fraction of sp³-hybridized carbons (Fsp3) is 0.222. The third-order valence-corrected chi connectivity index (χ3v) is 2.83. The highest BCUT2D eigenvalue weighted by Gasteiger charge is 2.25. The molecule has 0 spiro atoms. The molecule has 74 valence electrons. The van der Waals surface area contributed by atoms with Crippen LogP contribution in [0.1, 0.15) is 11.6 Å². The van der Waals surface area contributed by atoms with Crippen LogP contribution in [0.15, 0.2) is 22.7 Å².